The lowest BCUT2D eigenvalue weighted by atomic mass is 9.82. The summed E-state index contributed by atoms with van der Waals surface area (Å²) in [6, 6.07) is 10.3. The Hall–Kier alpha value is -1.45. The molecule has 0 spiro atoms. The predicted molar refractivity (Wildman–Crippen MR) is 67.7 cm³/mol. The molecule has 0 saturated carbocycles. The first-order chi connectivity index (χ1) is 8.30. The van der Waals surface area contributed by atoms with Gasteiger partial charge < -0.3 is 10.5 Å². The molecule has 0 radical (unpaired) electrons. The third-order valence-electron chi connectivity index (χ3n) is 3.55. The Labute approximate surface area is 101 Å². The summed E-state index contributed by atoms with van der Waals surface area (Å²) < 4.78 is 5.40. The van der Waals surface area contributed by atoms with Crippen molar-refractivity contribution in [3.05, 3.63) is 42.1 Å². The zero-order valence-corrected chi connectivity index (χ0v) is 9.73. The fraction of sp³-hybridized carbons (Fsp3) is 0.357. The van der Waals surface area contributed by atoms with Crippen LogP contribution >= 0.6 is 0 Å². The molecule has 1 saturated heterocycles. The van der Waals surface area contributed by atoms with Crippen molar-refractivity contribution >= 4 is 10.9 Å². The Bertz CT molecular complexity index is 527. The maximum atomic E-state index is 6.53. The number of fused-ring (bicyclic) bond motifs is 1. The van der Waals surface area contributed by atoms with E-state index in [1.807, 2.05) is 12.3 Å². The highest BCUT2D eigenvalue weighted by Gasteiger charge is 2.31. The molecule has 1 aromatic heterocycles. The van der Waals surface area contributed by atoms with Crippen molar-refractivity contribution < 1.29 is 4.74 Å². The molecule has 3 heteroatoms. The highest BCUT2D eigenvalue weighted by Crippen LogP contribution is 2.33. The van der Waals surface area contributed by atoms with E-state index in [1.165, 1.54) is 0 Å². The average molecular weight is 228 g/mol. The molecule has 1 aliphatic rings. The maximum absolute atomic E-state index is 6.53. The van der Waals surface area contributed by atoms with Crippen LogP contribution in [0.25, 0.3) is 10.9 Å². The molecule has 2 heterocycles. The molecular formula is C14H16N2O. The summed E-state index contributed by atoms with van der Waals surface area (Å²) in [4.78, 5) is 4.48. The van der Waals surface area contributed by atoms with Gasteiger partial charge in [-0.05, 0) is 24.5 Å². The van der Waals surface area contributed by atoms with Crippen LogP contribution in [-0.4, -0.2) is 18.2 Å². The van der Waals surface area contributed by atoms with Gasteiger partial charge in [-0.3, -0.25) is 4.98 Å². The Morgan fingerprint density at radius 2 is 1.88 bits per heavy atom. The number of pyridine rings is 1. The van der Waals surface area contributed by atoms with Gasteiger partial charge in [-0.2, -0.15) is 0 Å². The number of rotatable bonds is 1. The number of aromatic nitrogens is 1. The Morgan fingerprint density at radius 3 is 2.71 bits per heavy atom. The summed E-state index contributed by atoms with van der Waals surface area (Å²) in [6.07, 6.45) is 3.56. The lowest BCUT2D eigenvalue weighted by Gasteiger charge is -2.34. The number of nitrogens with zero attached hydrogens (tertiary/aromatic N) is 1. The zero-order chi connectivity index (χ0) is 11.7. The molecule has 1 aromatic carbocycles. The third kappa shape index (κ3) is 1.81. The molecule has 3 nitrogen and oxygen atoms in total. The van der Waals surface area contributed by atoms with Crippen LogP contribution in [0.15, 0.2) is 36.5 Å². The van der Waals surface area contributed by atoms with Crippen LogP contribution in [0.2, 0.25) is 0 Å². The lowest BCUT2D eigenvalue weighted by Crippen LogP contribution is -2.42. The second-order valence-electron chi connectivity index (χ2n) is 4.65. The summed E-state index contributed by atoms with van der Waals surface area (Å²) in [6.45, 7) is 1.47. The molecule has 3 rings (SSSR count). The van der Waals surface area contributed by atoms with Crippen LogP contribution in [0.4, 0.5) is 0 Å². The molecule has 2 N–H and O–H groups in total. The fourth-order valence-electron chi connectivity index (χ4n) is 2.51. The first-order valence-electron chi connectivity index (χ1n) is 6.00. The average Bonchev–Trinajstić information content (AvgIpc) is 2.39. The molecule has 1 aliphatic heterocycles. The van der Waals surface area contributed by atoms with E-state index >= 15 is 0 Å². The van der Waals surface area contributed by atoms with Crippen molar-refractivity contribution in [3.8, 4) is 0 Å². The van der Waals surface area contributed by atoms with Gasteiger partial charge in [0.25, 0.3) is 0 Å². The minimum Gasteiger partial charge on any atom is -0.381 e. The third-order valence-corrected chi connectivity index (χ3v) is 3.55. The molecule has 0 unspecified atom stereocenters. The molecule has 0 amide bonds. The van der Waals surface area contributed by atoms with Crippen LogP contribution in [0.3, 0.4) is 0 Å². The molecule has 0 aliphatic carbocycles. The van der Waals surface area contributed by atoms with Gasteiger partial charge in [0, 0.05) is 30.3 Å². The molecule has 88 valence electrons. The molecule has 2 aromatic rings. The topological polar surface area (TPSA) is 48.1 Å². The van der Waals surface area contributed by atoms with E-state index in [9.17, 15) is 0 Å². The van der Waals surface area contributed by atoms with E-state index in [1.54, 1.807) is 0 Å². The smallest absolute Gasteiger partial charge is 0.0752 e. The fourth-order valence-corrected chi connectivity index (χ4v) is 2.51. The number of ether oxygens (including phenoxy) is 1. The predicted octanol–water partition coefficient (Wildman–Crippen LogP) is 2.20. The van der Waals surface area contributed by atoms with Gasteiger partial charge >= 0.3 is 0 Å². The van der Waals surface area contributed by atoms with Gasteiger partial charge in [0.1, 0.15) is 0 Å². The summed E-state index contributed by atoms with van der Waals surface area (Å²) in [5.74, 6) is 0. The van der Waals surface area contributed by atoms with E-state index in [0.29, 0.717) is 0 Å². The normalized spacial score (nSPS) is 19.4. The van der Waals surface area contributed by atoms with E-state index in [4.69, 9.17) is 10.5 Å². The SMILES string of the molecule is NC1(c2cccc3cccnc23)CCOCC1. The Balaban J connectivity index is 2.16. The van der Waals surface area contributed by atoms with Crippen LogP contribution in [-0.2, 0) is 10.3 Å². The molecule has 1 fully saturated rings. The molecular weight excluding hydrogens is 212 g/mol. The lowest BCUT2D eigenvalue weighted by molar-refractivity contribution is 0.0527. The van der Waals surface area contributed by atoms with E-state index in [-0.39, 0.29) is 5.54 Å². The van der Waals surface area contributed by atoms with Crippen molar-refractivity contribution in [1.29, 1.82) is 0 Å². The number of hydrogen-bond donors (Lipinski definition) is 1. The first kappa shape index (κ1) is 10.7. The van der Waals surface area contributed by atoms with E-state index in [2.05, 4.69) is 29.2 Å². The van der Waals surface area contributed by atoms with Crippen molar-refractivity contribution in [2.45, 2.75) is 18.4 Å². The second-order valence-corrected chi connectivity index (χ2v) is 4.65. The van der Waals surface area contributed by atoms with Crippen LogP contribution in [0, 0.1) is 0 Å². The van der Waals surface area contributed by atoms with Crippen LogP contribution < -0.4 is 5.73 Å². The van der Waals surface area contributed by atoms with Gasteiger partial charge in [0.05, 0.1) is 5.52 Å². The Morgan fingerprint density at radius 1 is 1.12 bits per heavy atom. The molecule has 17 heavy (non-hydrogen) atoms. The van der Waals surface area contributed by atoms with E-state index < -0.39 is 0 Å². The van der Waals surface area contributed by atoms with Crippen LogP contribution in [0.1, 0.15) is 18.4 Å². The number of hydrogen-bond acceptors (Lipinski definition) is 3. The van der Waals surface area contributed by atoms with Gasteiger partial charge in [0.15, 0.2) is 0 Å². The summed E-state index contributed by atoms with van der Waals surface area (Å²) in [5.41, 5.74) is 8.42. The number of para-hydroxylation sites is 1. The molecule has 0 bridgehead atoms. The van der Waals surface area contributed by atoms with Crippen molar-refractivity contribution in [2.75, 3.05) is 13.2 Å². The van der Waals surface area contributed by atoms with Crippen molar-refractivity contribution in [3.63, 3.8) is 0 Å². The van der Waals surface area contributed by atoms with Gasteiger partial charge in [0.2, 0.25) is 0 Å². The van der Waals surface area contributed by atoms with E-state index in [0.717, 1.165) is 42.5 Å². The minimum atomic E-state index is -0.286. The number of benzene rings is 1. The summed E-state index contributed by atoms with van der Waals surface area (Å²) in [5, 5.41) is 1.15. The Kier molecular flexibility index (Phi) is 2.57. The highest BCUT2D eigenvalue weighted by molar-refractivity contribution is 5.82. The maximum Gasteiger partial charge on any atom is 0.0752 e. The zero-order valence-electron chi connectivity index (χ0n) is 9.73. The minimum absolute atomic E-state index is 0.286. The standard InChI is InChI=1S/C14H16N2O/c15-14(6-9-17-10-7-14)12-5-1-3-11-4-2-8-16-13(11)12/h1-5,8H,6-7,9-10,15H2. The molecule has 0 atom stereocenters. The monoisotopic (exact) mass is 228 g/mol. The largest absolute Gasteiger partial charge is 0.381 e. The van der Waals surface area contributed by atoms with Gasteiger partial charge in [-0.25, -0.2) is 0 Å². The number of nitrogens with two attached hydrogens (primary N) is 1. The summed E-state index contributed by atoms with van der Waals surface area (Å²) in [7, 11) is 0. The van der Waals surface area contributed by atoms with Crippen LogP contribution in [0.5, 0.6) is 0 Å². The van der Waals surface area contributed by atoms with Gasteiger partial charge in [-0.1, -0.05) is 24.3 Å². The first-order valence-corrected chi connectivity index (χ1v) is 6.00. The quantitative estimate of drug-likeness (QED) is 0.814. The highest BCUT2D eigenvalue weighted by atomic mass is 16.5. The van der Waals surface area contributed by atoms with Crippen molar-refractivity contribution in [1.82, 2.24) is 4.98 Å². The van der Waals surface area contributed by atoms with Crippen molar-refractivity contribution in [2.24, 2.45) is 5.73 Å². The second kappa shape index (κ2) is 4.09. The van der Waals surface area contributed by atoms with Gasteiger partial charge in [-0.15, -0.1) is 0 Å². The summed E-state index contributed by atoms with van der Waals surface area (Å²) >= 11 is 0.